The van der Waals surface area contributed by atoms with Crippen LogP contribution in [0.2, 0.25) is 0 Å². The zero-order chi connectivity index (χ0) is 42.4. The Balaban J connectivity index is 0.985. The molecule has 7 nitrogen and oxygen atoms in total. The van der Waals surface area contributed by atoms with E-state index in [4.69, 9.17) is 24.4 Å². The number of aromatic nitrogens is 4. The molecule has 12 rings (SSSR count). The number of nitrogens with zero attached hydrogens (tertiary/aromatic N) is 5. The number of hydrogen-bond donors (Lipinski definition) is 0. The predicted octanol–water partition coefficient (Wildman–Crippen LogP) is 14.6. The number of aryl methyl sites for hydroxylation is 1. The first-order valence-electron chi connectivity index (χ1n) is 20.4. The van der Waals surface area contributed by atoms with Crippen molar-refractivity contribution in [1.82, 2.24) is 19.5 Å². The molecule has 2 aliphatic heterocycles. The monoisotopic (exact) mass is 827 g/mol. The first-order chi connectivity index (χ1) is 30.7. The quantitative estimate of drug-likeness (QED) is 0.172. The molecule has 0 aliphatic carbocycles. The summed E-state index contributed by atoms with van der Waals surface area (Å²) in [5.41, 5.74) is 9.28. The molecule has 0 radical (unpaired) electrons. The average Bonchev–Trinajstić information content (AvgIpc) is 3.65. The van der Waals surface area contributed by atoms with Gasteiger partial charge in [-0.15, -0.1) is 0 Å². The van der Waals surface area contributed by atoms with E-state index in [2.05, 4.69) is 47.0 Å². The van der Waals surface area contributed by atoms with E-state index in [9.17, 15) is 13.2 Å². The molecule has 2 aliphatic rings. The molecule has 0 spiro atoms. The minimum atomic E-state index is -4.54. The standard InChI is InChI=1S/C53H32F3N5O2/c1-31-19-22-43-45(25-31)62-47-28-36(29-48-49(47)61(43)44-24-21-37(53(54,55)56)30-46(44)63-48)34-20-23-42-40(27-34)39-17-8-9-18-41(39)60(42)38-16-10-15-35(26-38)52-58-50(32-11-4-2-5-12-32)57-51(59-52)33-13-6-3-7-14-33/h2-30H,1H3. The van der Waals surface area contributed by atoms with Gasteiger partial charge in [0, 0.05) is 33.2 Å². The van der Waals surface area contributed by atoms with E-state index in [0.29, 0.717) is 51.8 Å². The summed E-state index contributed by atoms with van der Waals surface area (Å²) in [5, 5.41) is 2.07. The van der Waals surface area contributed by atoms with Crippen molar-refractivity contribution in [2.24, 2.45) is 0 Å². The largest absolute Gasteiger partial charge is 0.453 e. The number of halogens is 3. The zero-order valence-corrected chi connectivity index (χ0v) is 33.4. The second kappa shape index (κ2) is 13.9. The Kier molecular flexibility index (Phi) is 8.07. The van der Waals surface area contributed by atoms with E-state index < -0.39 is 11.7 Å². The highest BCUT2D eigenvalue weighted by atomic mass is 19.4. The topological polar surface area (TPSA) is 65.3 Å². The maximum Gasteiger partial charge on any atom is 0.416 e. The van der Waals surface area contributed by atoms with Crippen LogP contribution in [0.15, 0.2) is 176 Å². The molecule has 0 amide bonds. The summed E-state index contributed by atoms with van der Waals surface area (Å²) >= 11 is 0. The molecule has 0 N–H and O–H groups in total. The van der Waals surface area contributed by atoms with Crippen LogP contribution >= 0.6 is 0 Å². The van der Waals surface area contributed by atoms with Crippen LogP contribution in [-0.4, -0.2) is 19.5 Å². The smallest absolute Gasteiger partial charge is 0.416 e. The normalized spacial score (nSPS) is 12.7. The van der Waals surface area contributed by atoms with Crippen molar-refractivity contribution in [3.8, 4) is 74.0 Å². The lowest BCUT2D eigenvalue weighted by atomic mass is 9.99. The Morgan fingerprint density at radius 2 is 1.03 bits per heavy atom. The molecule has 63 heavy (non-hydrogen) atoms. The molecule has 10 aromatic rings. The van der Waals surface area contributed by atoms with Crippen molar-refractivity contribution >= 4 is 38.9 Å². The predicted molar refractivity (Wildman–Crippen MR) is 240 cm³/mol. The van der Waals surface area contributed by atoms with Gasteiger partial charge in [0.15, 0.2) is 40.5 Å². The third-order valence-corrected chi connectivity index (χ3v) is 11.7. The third-order valence-electron chi connectivity index (χ3n) is 11.7. The maximum atomic E-state index is 14.0. The molecule has 8 aromatic carbocycles. The second-order valence-electron chi connectivity index (χ2n) is 15.7. The summed E-state index contributed by atoms with van der Waals surface area (Å²) in [6, 6.07) is 55.9. The van der Waals surface area contributed by atoms with Crippen LogP contribution in [-0.2, 0) is 6.18 Å². The molecule has 302 valence electrons. The first kappa shape index (κ1) is 36.6. The summed E-state index contributed by atoms with van der Waals surface area (Å²) in [5.74, 6) is 3.37. The van der Waals surface area contributed by atoms with Crippen molar-refractivity contribution in [2.45, 2.75) is 13.1 Å². The summed E-state index contributed by atoms with van der Waals surface area (Å²) in [4.78, 5) is 16.8. The van der Waals surface area contributed by atoms with Gasteiger partial charge in [-0.1, -0.05) is 103 Å². The van der Waals surface area contributed by atoms with Gasteiger partial charge in [-0.3, -0.25) is 4.90 Å². The van der Waals surface area contributed by atoms with Crippen molar-refractivity contribution in [3.63, 3.8) is 0 Å². The molecule has 2 aromatic heterocycles. The van der Waals surface area contributed by atoms with Crippen LogP contribution < -0.4 is 14.4 Å². The van der Waals surface area contributed by atoms with Crippen LogP contribution in [0.3, 0.4) is 0 Å². The fourth-order valence-electron chi connectivity index (χ4n) is 8.73. The molecule has 0 saturated carbocycles. The Bertz CT molecular complexity index is 3420. The summed E-state index contributed by atoms with van der Waals surface area (Å²) in [7, 11) is 0. The van der Waals surface area contributed by atoms with Gasteiger partial charge >= 0.3 is 6.18 Å². The van der Waals surface area contributed by atoms with Crippen LogP contribution in [0.5, 0.6) is 23.0 Å². The molecular weight excluding hydrogens is 796 g/mol. The minimum absolute atomic E-state index is 0.111. The third kappa shape index (κ3) is 6.09. The Hall–Kier alpha value is -8.24. The summed E-state index contributed by atoms with van der Waals surface area (Å²) in [6.07, 6.45) is -4.54. The highest BCUT2D eigenvalue weighted by Crippen LogP contribution is 2.61. The highest BCUT2D eigenvalue weighted by Gasteiger charge is 2.38. The molecule has 10 heteroatoms. The van der Waals surface area contributed by atoms with Crippen LogP contribution in [0.25, 0.3) is 72.8 Å². The van der Waals surface area contributed by atoms with Crippen molar-refractivity contribution in [1.29, 1.82) is 0 Å². The average molecular weight is 828 g/mol. The number of para-hydroxylation sites is 1. The lowest BCUT2D eigenvalue weighted by molar-refractivity contribution is -0.137. The number of rotatable bonds is 5. The molecule has 0 fully saturated rings. The summed E-state index contributed by atoms with van der Waals surface area (Å²) < 4.78 is 57.1. The van der Waals surface area contributed by atoms with E-state index in [1.54, 1.807) is 0 Å². The van der Waals surface area contributed by atoms with Gasteiger partial charge in [-0.2, -0.15) is 13.2 Å². The van der Waals surface area contributed by atoms with Gasteiger partial charge in [0.1, 0.15) is 5.69 Å². The fourth-order valence-corrected chi connectivity index (χ4v) is 8.73. The molecular formula is C53H32F3N5O2. The Morgan fingerprint density at radius 1 is 0.444 bits per heavy atom. The van der Waals surface area contributed by atoms with E-state index in [1.165, 1.54) is 6.07 Å². The van der Waals surface area contributed by atoms with Gasteiger partial charge < -0.3 is 14.0 Å². The fraction of sp³-hybridized carbons (Fsp3) is 0.0377. The Labute approximate surface area is 358 Å². The van der Waals surface area contributed by atoms with E-state index in [-0.39, 0.29) is 5.75 Å². The summed E-state index contributed by atoms with van der Waals surface area (Å²) in [6.45, 7) is 1.97. The maximum absolute atomic E-state index is 14.0. The van der Waals surface area contributed by atoms with Gasteiger partial charge in [-0.25, -0.2) is 15.0 Å². The van der Waals surface area contributed by atoms with E-state index in [0.717, 1.165) is 73.0 Å². The van der Waals surface area contributed by atoms with Gasteiger partial charge in [-0.05, 0) is 96.4 Å². The number of anilines is 3. The SMILES string of the molecule is Cc1ccc2c(c1)Oc1cc(-c3ccc4c(c3)c3ccccc3n4-c3cccc(-c4nc(-c5ccccc5)nc(-c5ccccc5)n4)c3)cc3c1N2c1ccc(C(F)(F)F)cc1O3. The van der Waals surface area contributed by atoms with Crippen molar-refractivity contribution in [2.75, 3.05) is 4.90 Å². The number of fused-ring (bicyclic) bond motifs is 7. The lowest BCUT2D eigenvalue weighted by Crippen LogP contribution is -2.21. The van der Waals surface area contributed by atoms with Crippen molar-refractivity contribution in [3.05, 3.63) is 187 Å². The zero-order valence-electron chi connectivity index (χ0n) is 33.4. The van der Waals surface area contributed by atoms with Crippen molar-refractivity contribution < 1.29 is 22.6 Å². The highest BCUT2D eigenvalue weighted by molar-refractivity contribution is 6.10. The first-order valence-corrected chi connectivity index (χ1v) is 20.4. The second-order valence-corrected chi connectivity index (χ2v) is 15.7. The van der Waals surface area contributed by atoms with Crippen LogP contribution in [0.4, 0.5) is 30.2 Å². The number of benzene rings is 8. The van der Waals surface area contributed by atoms with E-state index in [1.807, 2.05) is 127 Å². The molecule has 0 unspecified atom stereocenters. The van der Waals surface area contributed by atoms with Gasteiger partial charge in [0.2, 0.25) is 0 Å². The minimum Gasteiger partial charge on any atom is -0.453 e. The van der Waals surface area contributed by atoms with Gasteiger partial charge in [0.05, 0.1) is 28.0 Å². The van der Waals surface area contributed by atoms with Crippen LogP contribution in [0.1, 0.15) is 11.1 Å². The molecule has 0 bridgehead atoms. The van der Waals surface area contributed by atoms with E-state index >= 15 is 0 Å². The molecule has 0 atom stereocenters. The number of ether oxygens (including phenoxy) is 2. The molecule has 4 heterocycles. The lowest BCUT2D eigenvalue weighted by Gasteiger charge is -2.38. The number of hydrogen-bond acceptors (Lipinski definition) is 6. The van der Waals surface area contributed by atoms with Gasteiger partial charge in [0.25, 0.3) is 0 Å². The van der Waals surface area contributed by atoms with Crippen LogP contribution in [0, 0.1) is 6.92 Å². The molecule has 0 saturated heterocycles. The number of alkyl halides is 3. The Morgan fingerprint density at radius 3 is 1.71 bits per heavy atom.